The van der Waals surface area contributed by atoms with Gasteiger partial charge in [0, 0.05) is 10.5 Å². The van der Waals surface area contributed by atoms with Gasteiger partial charge in [0.25, 0.3) is 0 Å². The van der Waals surface area contributed by atoms with Crippen molar-refractivity contribution in [3.8, 4) is 0 Å². The van der Waals surface area contributed by atoms with E-state index in [0.717, 1.165) is 15.8 Å². The molecule has 15 heavy (non-hydrogen) atoms. The van der Waals surface area contributed by atoms with Crippen molar-refractivity contribution in [1.82, 2.24) is 0 Å². The molecule has 0 spiro atoms. The van der Waals surface area contributed by atoms with Crippen molar-refractivity contribution in [2.24, 2.45) is 0 Å². The SMILES string of the molecule is Nc1cc(Cl)c(Br)cc1NC1CCCC1. The van der Waals surface area contributed by atoms with Crippen molar-refractivity contribution in [3.05, 3.63) is 21.6 Å². The van der Waals surface area contributed by atoms with E-state index in [9.17, 15) is 0 Å². The summed E-state index contributed by atoms with van der Waals surface area (Å²) in [5.74, 6) is 0. The lowest BCUT2D eigenvalue weighted by Gasteiger charge is -2.16. The Morgan fingerprint density at radius 2 is 2.00 bits per heavy atom. The van der Waals surface area contributed by atoms with E-state index in [1.807, 2.05) is 6.07 Å². The summed E-state index contributed by atoms with van der Waals surface area (Å²) in [5.41, 5.74) is 7.60. The summed E-state index contributed by atoms with van der Waals surface area (Å²) in [6.45, 7) is 0. The van der Waals surface area contributed by atoms with Crippen LogP contribution in [0.2, 0.25) is 5.02 Å². The van der Waals surface area contributed by atoms with Gasteiger partial charge in [0.15, 0.2) is 0 Å². The zero-order valence-electron chi connectivity index (χ0n) is 8.39. The minimum atomic E-state index is 0.570. The zero-order valence-corrected chi connectivity index (χ0v) is 10.7. The standard InChI is InChI=1S/C11H14BrClN2/c12-8-5-11(10(14)6-9(8)13)15-7-3-1-2-4-7/h5-7,15H,1-4,14H2. The first-order valence-electron chi connectivity index (χ1n) is 5.18. The fourth-order valence-electron chi connectivity index (χ4n) is 1.98. The third-order valence-electron chi connectivity index (χ3n) is 2.81. The van der Waals surface area contributed by atoms with Gasteiger partial charge in [0.05, 0.1) is 16.4 Å². The zero-order chi connectivity index (χ0) is 10.8. The Kier molecular flexibility index (Phi) is 3.42. The predicted octanol–water partition coefficient (Wildman–Crippen LogP) is 4.04. The van der Waals surface area contributed by atoms with Crippen LogP contribution in [-0.4, -0.2) is 6.04 Å². The van der Waals surface area contributed by atoms with E-state index in [1.165, 1.54) is 25.7 Å². The molecule has 1 fully saturated rings. The number of nitrogens with two attached hydrogens (primary N) is 1. The molecule has 0 heterocycles. The molecule has 82 valence electrons. The van der Waals surface area contributed by atoms with E-state index in [4.69, 9.17) is 17.3 Å². The van der Waals surface area contributed by atoms with Crippen LogP contribution in [0, 0.1) is 0 Å². The van der Waals surface area contributed by atoms with Gasteiger partial charge in [-0.25, -0.2) is 0 Å². The van der Waals surface area contributed by atoms with E-state index in [1.54, 1.807) is 6.07 Å². The van der Waals surface area contributed by atoms with Crippen LogP contribution in [0.1, 0.15) is 25.7 Å². The molecule has 1 aliphatic carbocycles. The van der Waals surface area contributed by atoms with Crippen molar-refractivity contribution in [3.63, 3.8) is 0 Å². The monoisotopic (exact) mass is 288 g/mol. The maximum atomic E-state index is 5.95. The first-order chi connectivity index (χ1) is 7.16. The van der Waals surface area contributed by atoms with Gasteiger partial charge in [-0.15, -0.1) is 0 Å². The van der Waals surface area contributed by atoms with Gasteiger partial charge >= 0.3 is 0 Å². The van der Waals surface area contributed by atoms with Crippen LogP contribution < -0.4 is 11.1 Å². The molecule has 0 saturated heterocycles. The molecule has 1 aromatic carbocycles. The molecule has 3 N–H and O–H groups in total. The van der Waals surface area contributed by atoms with Gasteiger partial charge in [-0.3, -0.25) is 0 Å². The highest BCUT2D eigenvalue weighted by Gasteiger charge is 2.16. The van der Waals surface area contributed by atoms with Crippen LogP contribution >= 0.6 is 27.5 Å². The average molecular weight is 290 g/mol. The highest BCUT2D eigenvalue weighted by Crippen LogP contribution is 2.33. The third kappa shape index (κ3) is 2.58. The quantitative estimate of drug-likeness (QED) is 0.806. The Labute approximate surface area is 103 Å². The minimum absolute atomic E-state index is 0.570. The Balaban J connectivity index is 2.16. The number of nitrogen functional groups attached to an aromatic ring is 1. The van der Waals surface area contributed by atoms with Gasteiger partial charge < -0.3 is 11.1 Å². The number of halogens is 2. The van der Waals surface area contributed by atoms with E-state index in [0.29, 0.717) is 11.1 Å². The summed E-state index contributed by atoms with van der Waals surface area (Å²) >= 11 is 9.35. The molecule has 0 bridgehead atoms. The lowest BCUT2D eigenvalue weighted by molar-refractivity contribution is 0.756. The van der Waals surface area contributed by atoms with Gasteiger partial charge in [0.1, 0.15) is 0 Å². The first-order valence-corrected chi connectivity index (χ1v) is 6.35. The molecule has 4 heteroatoms. The van der Waals surface area contributed by atoms with Crippen molar-refractivity contribution in [2.75, 3.05) is 11.1 Å². The highest BCUT2D eigenvalue weighted by atomic mass is 79.9. The number of hydrogen-bond acceptors (Lipinski definition) is 2. The normalized spacial score (nSPS) is 16.9. The molecule has 1 saturated carbocycles. The van der Waals surface area contributed by atoms with Gasteiger partial charge in [0.2, 0.25) is 0 Å². The molecule has 0 radical (unpaired) electrons. The number of nitrogens with one attached hydrogen (secondary N) is 1. The van der Waals surface area contributed by atoms with Gasteiger partial charge in [-0.05, 0) is 40.9 Å². The van der Waals surface area contributed by atoms with Crippen LogP contribution in [0.4, 0.5) is 11.4 Å². The molecule has 0 aliphatic heterocycles. The Hall–Kier alpha value is -0.410. The van der Waals surface area contributed by atoms with E-state index < -0.39 is 0 Å². The van der Waals surface area contributed by atoms with Crippen molar-refractivity contribution >= 4 is 38.9 Å². The topological polar surface area (TPSA) is 38.0 Å². The van der Waals surface area contributed by atoms with Crippen molar-refractivity contribution in [1.29, 1.82) is 0 Å². The second-order valence-electron chi connectivity index (χ2n) is 3.98. The lowest BCUT2D eigenvalue weighted by Crippen LogP contribution is -2.15. The van der Waals surface area contributed by atoms with Gasteiger partial charge in [-0.2, -0.15) is 0 Å². The average Bonchev–Trinajstić information content (AvgIpc) is 2.67. The van der Waals surface area contributed by atoms with Crippen LogP contribution in [0.15, 0.2) is 16.6 Å². The lowest BCUT2D eigenvalue weighted by atomic mass is 10.2. The second kappa shape index (κ2) is 4.62. The van der Waals surface area contributed by atoms with Crippen LogP contribution in [0.5, 0.6) is 0 Å². The maximum absolute atomic E-state index is 5.95. The summed E-state index contributed by atoms with van der Waals surface area (Å²) in [6, 6.07) is 4.30. The number of rotatable bonds is 2. The largest absolute Gasteiger partial charge is 0.397 e. The number of hydrogen-bond donors (Lipinski definition) is 2. The molecule has 2 rings (SSSR count). The molecule has 0 atom stereocenters. The summed E-state index contributed by atoms with van der Waals surface area (Å²) in [7, 11) is 0. The Morgan fingerprint density at radius 3 is 2.67 bits per heavy atom. The molecule has 2 nitrogen and oxygen atoms in total. The third-order valence-corrected chi connectivity index (χ3v) is 4.00. The highest BCUT2D eigenvalue weighted by molar-refractivity contribution is 9.10. The minimum Gasteiger partial charge on any atom is -0.397 e. The summed E-state index contributed by atoms with van der Waals surface area (Å²) in [6.07, 6.45) is 5.10. The van der Waals surface area contributed by atoms with E-state index in [2.05, 4.69) is 21.2 Å². The fourth-order valence-corrected chi connectivity index (χ4v) is 2.49. The molecule has 0 unspecified atom stereocenters. The van der Waals surface area contributed by atoms with Crippen LogP contribution in [-0.2, 0) is 0 Å². The molecule has 0 aromatic heterocycles. The number of benzene rings is 1. The summed E-state index contributed by atoms with van der Waals surface area (Å²) < 4.78 is 0.888. The van der Waals surface area contributed by atoms with Crippen molar-refractivity contribution < 1.29 is 0 Å². The van der Waals surface area contributed by atoms with Gasteiger partial charge in [-0.1, -0.05) is 24.4 Å². The predicted molar refractivity (Wildman–Crippen MR) is 69.4 cm³/mol. The second-order valence-corrected chi connectivity index (χ2v) is 5.24. The molecular weight excluding hydrogens is 275 g/mol. The molecule has 1 aliphatic rings. The summed E-state index contributed by atoms with van der Waals surface area (Å²) in [4.78, 5) is 0. The van der Waals surface area contributed by atoms with E-state index >= 15 is 0 Å². The van der Waals surface area contributed by atoms with E-state index in [-0.39, 0.29) is 0 Å². The first kappa shape index (κ1) is 11.1. The Bertz CT molecular complexity index is 362. The molecule has 1 aromatic rings. The number of anilines is 2. The molecular formula is C11H14BrClN2. The molecule has 0 amide bonds. The summed E-state index contributed by atoms with van der Waals surface area (Å²) in [5, 5.41) is 4.12. The van der Waals surface area contributed by atoms with Crippen LogP contribution in [0.3, 0.4) is 0 Å². The van der Waals surface area contributed by atoms with Crippen LogP contribution in [0.25, 0.3) is 0 Å². The van der Waals surface area contributed by atoms with Crippen molar-refractivity contribution in [2.45, 2.75) is 31.7 Å². The fraction of sp³-hybridized carbons (Fsp3) is 0.455. The Morgan fingerprint density at radius 1 is 1.33 bits per heavy atom. The smallest absolute Gasteiger partial charge is 0.0588 e. The maximum Gasteiger partial charge on any atom is 0.0588 e.